The molecule has 4 N–H and O–H groups in total. The first-order chi connectivity index (χ1) is 14.7. The van der Waals surface area contributed by atoms with Gasteiger partial charge in [0.25, 0.3) is 0 Å². The molecule has 0 saturated heterocycles. The number of nitrogens with one attached hydrogen (secondary N) is 2. The zero-order valence-electron chi connectivity index (χ0n) is 18.6. The Morgan fingerprint density at radius 2 is 1.25 bits per heavy atom. The molecular weight excluding hydrogens is 532 g/mol. The minimum Gasteiger partial charge on any atom is -0.504 e. The van der Waals surface area contributed by atoms with Gasteiger partial charge in [0.2, 0.25) is 0 Å². The number of unbranched alkanes of at least 4 members (excludes halogenated alkanes) is 3. The van der Waals surface area contributed by atoms with E-state index in [-0.39, 0.29) is 45.5 Å². The van der Waals surface area contributed by atoms with E-state index in [1.54, 1.807) is 12.1 Å². The zero-order valence-corrected chi connectivity index (χ0v) is 22.0. The van der Waals surface area contributed by atoms with E-state index in [0.717, 1.165) is 44.6 Å². The number of rotatable bonds is 13. The summed E-state index contributed by atoms with van der Waals surface area (Å²) in [6.45, 7) is 4.03. The third kappa shape index (κ3) is 9.49. The number of hydrogen-bond donors (Lipinski definition) is 4. The Kier molecular flexibility index (Phi) is 14.3. The highest BCUT2D eigenvalue weighted by Crippen LogP contribution is 2.24. The van der Waals surface area contributed by atoms with E-state index in [1.807, 2.05) is 6.07 Å². The minimum atomic E-state index is -0.0604. The second-order valence-electron chi connectivity index (χ2n) is 7.88. The Balaban J connectivity index is 0.00000256. The first-order valence-electron chi connectivity index (χ1n) is 11.1. The lowest BCUT2D eigenvalue weighted by molar-refractivity contribution is 0.403. The molecule has 6 heteroatoms. The smallest absolute Gasteiger partial charge is 0.157 e. The average Bonchev–Trinajstić information content (AvgIpc) is 2.77. The van der Waals surface area contributed by atoms with Crippen LogP contribution in [0.15, 0.2) is 60.7 Å². The Morgan fingerprint density at radius 3 is 1.97 bits per heavy atom. The lowest BCUT2D eigenvalue weighted by Gasteiger charge is -2.08. The summed E-state index contributed by atoms with van der Waals surface area (Å²) in [7, 11) is 0. The molecule has 0 aliphatic heterocycles. The highest BCUT2D eigenvalue weighted by Gasteiger charge is 2.01. The van der Waals surface area contributed by atoms with Crippen molar-refractivity contribution in [1.29, 1.82) is 0 Å². The van der Waals surface area contributed by atoms with Gasteiger partial charge in [0.15, 0.2) is 11.5 Å². The molecule has 4 nitrogen and oxygen atoms in total. The second kappa shape index (κ2) is 16.1. The van der Waals surface area contributed by atoms with E-state index < -0.39 is 0 Å². The first kappa shape index (κ1) is 28.4. The van der Waals surface area contributed by atoms with Crippen LogP contribution >= 0.6 is 34.0 Å². The van der Waals surface area contributed by atoms with Crippen molar-refractivity contribution in [1.82, 2.24) is 10.6 Å². The van der Waals surface area contributed by atoms with Gasteiger partial charge in [0.1, 0.15) is 0 Å². The maximum Gasteiger partial charge on any atom is 0.157 e. The van der Waals surface area contributed by atoms with Crippen molar-refractivity contribution in [2.75, 3.05) is 26.2 Å². The van der Waals surface area contributed by atoms with E-state index in [2.05, 4.69) is 53.1 Å². The van der Waals surface area contributed by atoms with Gasteiger partial charge in [-0.3, -0.25) is 0 Å². The van der Waals surface area contributed by atoms with E-state index in [0.29, 0.717) is 0 Å². The molecule has 0 heterocycles. The Hall–Kier alpha value is -1.60. The number of fused-ring (bicyclic) bond motifs is 1. The van der Waals surface area contributed by atoms with Gasteiger partial charge in [-0.25, -0.2) is 0 Å². The largest absolute Gasteiger partial charge is 0.504 e. The third-order valence-electron chi connectivity index (χ3n) is 5.54. The van der Waals surface area contributed by atoms with Gasteiger partial charge < -0.3 is 20.8 Å². The molecule has 0 aliphatic rings. The van der Waals surface area contributed by atoms with Gasteiger partial charge in [0.05, 0.1) is 0 Å². The molecule has 3 aromatic rings. The Bertz CT molecular complexity index is 916. The molecule has 0 unspecified atom stereocenters. The molecular formula is C26H36Br2N2O2. The van der Waals surface area contributed by atoms with Crippen LogP contribution in [0.2, 0.25) is 0 Å². The van der Waals surface area contributed by atoms with Crippen LogP contribution in [-0.2, 0) is 12.8 Å². The van der Waals surface area contributed by atoms with Gasteiger partial charge in [0, 0.05) is 0 Å². The molecule has 3 aromatic carbocycles. The second-order valence-corrected chi connectivity index (χ2v) is 7.88. The molecule has 0 aromatic heterocycles. The topological polar surface area (TPSA) is 64.5 Å². The maximum absolute atomic E-state index is 9.50. The van der Waals surface area contributed by atoms with Gasteiger partial charge in [-0.05, 0) is 85.9 Å². The molecule has 0 saturated carbocycles. The highest BCUT2D eigenvalue weighted by molar-refractivity contribution is 8.93. The summed E-state index contributed by atoms with van der Waals surface area (Å²) >= 11 is 0. The molecule has 3 rings (SSSR count). The molecule has 0 spiro atoms. The number of phenolic OH excluding ortho intramolecular Hbond substituents is 2. The summed E-state index contributed by atoms with van der Waals surface area (Å²) in [5.74, 6) is -0.104. The molecule has 0 radical (unpaired) electrons. The number of phenols is 2. The lowest BCUT2D eigenvalue weighted by Crippen LogP contribution is -2.19. The first-order valence-corrected chi connectivity index (χ1v) is 11.1. The van der Waals surface area contributed by atoms with Crippen LogP contribution in [0.5, 0.6) is 11.5 Å². The summed E-state index contributed by atoms with van der Waals surface area (Å²) in [5, 5.41) is 28.6. The normalized spacial score (nSPS) is 10.5. The van der Waals surface area contributed by atoms with Crippen molar-refractivity contribution in [2.45, 2.75) is 38.5 Å². The highest BCUT2D eigenvalue weighted by atomic mass is 79.9. The Morgan fingerprint density at radius 1 is 0.594 bits per heavy atom. The SMILES string of the molecule is Br.Br.Oc1ccc(CCNCCCCCCNCCc2cccc3ccccc23)cc1O. The van der Waals surface area contributed by atoms with Crippen molar-refractivity contribution in [2.24, 2.45) is 0 Å². The van der Waals surface area contributed by atoms with Crippen LogP contribution in [0.1, 0.15) is 36.8 Å². The molecule has 0 bridgehead atoms. The summed E-state index contributed by atoms with van der Waals surface area (Å²) in [6.07, 6.45) is 6.85. The van der Waals surface area contributed by atoms with Crippen LogP contribution in [0, 0.1) is 0 Å². The number of halogens is 2. The summed E-state index contributed by atoms with van der Waals surface area (Å²) in [4.78, 5) is 0. The zero-order chi connectivity index (χ0) is 21.0. The Labute approximate surface area is 213 Å². The van der Waals surface area contributed by atoms with Gasteiger partial charge >= 0.3 is 0 Å². The average molecular weight is 568 g/mol. The third-order valence-corrected chi connectivity index (χ3v) is 5.54. The fourth-order valence-corrected chi connectivity index (χ4v) is 3.79. The van der Waals surface area contributed by atoms with Crippen LogP contribution < -0.4 is 10.6 Å². The lowest BCUT2D eigenvalue weighted by atomic mass is 10.0. The summed E-state index contributed by atoms with van der Waals surface area (Å²) in [5.41, 5.74) is 2.46. The predicted molar refractivity (Wildman–Crippen MR) is 146 cm³/mol. The predicted octanol–water partition coefficient (Wildman–Crippen LogP) is 5.93. The van der Waals surface area contributed by atoms with Gasteiger partial charge in [-0.15, -0.1) is 34.0 Å². The van der Waals surface area contributed by atoms with E-state index in [1.165, 1.54) is 42.0 Å². The fraction of sp³-hybridized carbons (Fsp3) is 0.385. The number of hydrogen-bond acceptors (Lipinski definition) is 4. The van der Waals surface area contributed by atoms with Gasteiger partial charge in [-0.2, -0.15) is 0 Å². The summed E-state index contributed by atoms with van der Waals surface area (Å²) < 4.78 is 0. The van der Waals surface area contributed by atoms with E-state index >= 15 is 0 Å². The number of benzene rings is 3. The molecule has 0 aliphatic carbocycles. The summed E-state index contributed by atoms with van der Waals surface area (Å²) in [6, 6.07) is 20.2. The fourth-order valence-electron chi connectivity index (χ4n) is 3.79. The van der Waals surface area contributed by atoms with Crippen LogP contribution in [-0.4, -0.2) is 36.4 Å². The molecule has 0 atom stereocenters. The van der Waals surface area contributed by atoms with Crippen molar-refractivity contribution in [3.05, 3.63) is 71.8 Å². The molecule has 32 heavy (non-hydrogen) atoms. The minimum absolute atomic E-state index is 0. The van der Waals surface area contributed by atoms with Gasteiger partial charge in [-0.1, -0.05) is 61.4 Å². The molecule has 0 fully saturated rings. The van der Waals surface area contributed by atoms with Crippen molar-refractivity contribution in [3.63, 3.8) is 0 Å². The van der Waals surface area contributed by atoms with Crippen LogP contribution in [0.4, 0.5) is 0 Å². The standard InChI is InChI=1S/C26H34N2O2.2BrH/c29-25-13-12-21(20-26(25)30)14-18-27-16-5-1-2-6-17-28-19-15-23-10-7-9-22-8-3-4-11-24(22)23;;/h3-4,7-13,20,27-30H,1-2,5-6,14-19H2;2*1H. The number of aromatic hydroxyl groups is 2. The quantitative estimate of drug-likeness (QED) is 0.153. The monoisotopic (exact) mass is 566 g/mol. The van der Waals surface area contributed by atoms with Crippen molar-refractivity contribution < 1.29 is 10.2 Å². The van der Waals surface area contributed by atoms with Crippen LogP contribution in [0.3, 0.4) is 0 Å². The van der Waals surface area contributed by atoms with E-state index in [4.69, 9.17) is 0 Å². The van der Waals surface area contributed by atoms with Crippen molar-refractivity contribution in [3.8, 4) is 11.5 Å². The molecule has 0 amide bonds. The van der Waals surface area contributed by atoms with E-state index in [9.17, 15) is 10.2 Å². The van der Waals surface area contributed by atoms with Crippen molar-refractivity contribution >= 4 is 44.7 Å². The van der Waals surface area contributed by atoms with Crippen LogP contribution in [0.25, 0.3) is 10.8 Å². The molecule has 176 valence electrons. The maximum atomic E-state index is 9.50.